The average molecular weight is 258 g/mol. The molecule has 1 aromatic rings. The van der Waals surface area contributed by atoms with Gasteiger partial charge in [-0.3, -0.25) is 0 Å². The summed E-state index contributed by atoms with van der Waals surface area (Å²) in [7, 11) is 1.76. The van der Waals surface area contributed by atoms with Crippen LogP contribution in [0.1, 0.15) is 25.7 Å². The molecule has 0 spiro atoms. The maximum absolute atomic E-state index is 12.9. The second-order valence-electron chi connectivity index (χ2n) is 4.48. The lowest BCUT2D eigenvalue weighted by atomic mass is 9.93. The van der Waals surface area contributed by atoms with E-state index in [2.05, 4.69) is 5.32 Å². The van der Waals surface area contributed by atoms with Crippen molar-refractivity contribution in [1.29, 1.82) is 0 Å². The number of rotatable bonds is 3. The van der Waals surface area contributed by atoms with Gasteiger partial charge in [0.1, 0.15) is 5.82 Å². The summed E-state index contributed by atoms with van der Waals surface area (Å²) in [5.74, 6) is -0.302. The van der Waals surface area contributed by atoms with Gasteiger partial charge in [0.2, 0.25) is 0 Å². The maximum atomic E-state index is 12.9. The molecule has 1 aliphatic carbocycles. The first-order valence-electron chi connectivity index (χ1n) is 5.93. The van der Waals surface area contributed by atoms with E-state index < -0.39 is 0 Å². The molecule has 2 rings (SSSR count). The van der Waals surface area contributed by atoms with Crippen LogP contribution in [-0.4, -0.2) is 19.3 Å². The summed E-state index contributed by atoms with van der Waals surface area (Å²) < 4.78 is 18.2. The van der Waals surface area contributed by atoms with E-state index in [1.54, 1.807) is 13.2 Å². The molecule has 94 valence electrons. The summed E-state index contributed by atoms with van der Waals surface area (Å²) in [6, 6.07) is 4.86. The summed E-state index contributed by atoms with van der Waals surface area (Å²) in [6.07, 6.45) is 4.63. The second kappa shape index (κ2) is 5.69. The first-order valence-corrected chi connectivity index (χ1v) is 6.31. The zero-order valence-electron chi connectivity index (χ0n) is 9.88. The molecule has 17 heavy (non-hydrogen) atoms. The fraction of sp³-hybridized carbons (Fsp3) is 0.538. The van der Waals surface area contributed by atoms with Crippen molar-refractivity contribution < 1.29 is 9.13 Å². The van der Waals surface area contributed by atoms with Crippen molar-refractivity contribution in [2.24, 2.45) is 0 Å². The largest absolute Gasteiger partial charge is 0.381 e. The van der Waals surface area contributed by atoms with Gasteiger partial charge in [-0.15, -0.1) is 0 Å². The van der Waals surface area contributed by atoms with Crippen LogP contribution in [0, 0.1) is 5.82 Å². The van der Waals surface area contributed by atoms with Gasteiger partial charge in [0, 0.05) is 13.2 Å². The lowest BCUT2D eigenvalue weighted by Gasteiger charge is -2.29. The van der Waals surface area contributed by atoms with Gasteiger partial charge in [-0.05, 0) is 43.9 Å². The fourth-order valence-corrected chi connectivity index (χ4v) is 2.49. The Kier molecular flexibility index (Phi) is 4.24. The monoisotopic (exact) mass is 257 g/mol. The number of hydrogen-bond acceptors (Lipinski definition) is 2. The number of hydrogen-bond donors (Lipinski definition) is 1. The second-order valence-corrected chi connectivity index (χ2v) is 4.89. The predicted octanol–water partition coefficient (Wildman–Crippen LogP) is 3.85. The molecule has 0 unspecified atom stereocenters. The summed E-state index contributed by atoms with van der Waals surface area (Å²) in [5, 5.41) is 3.81. The van der Waals surface area contributed by atoms with Crippen molar-refractivity contribution in [3.8, 4) is 0 Å². The molecule has 0 heterocycles. The van der Waals surface area contributed by atoms with Gasteiger partial charge in [-0.1, -0.05) is 11.6 Å². The maximum Gasteiger partial charge on any atom is 0.124 e. The summed E-state index contributed by atoms with van der Waals surface area (Å²) >= 11 is 5.98. The quantitative estimate of drug-likeness (QED) is 0.888. The number of benzene rings is 1. The van der Waals surface area contributed by atoms with Crippen molar-refractivity contribution in [3.05, 3.63) is 29.0 Å². The lowest BCUT2D eigenvalue weighted by molar-refractivity contribution is 0.0682. The minimum atomic E-state index is -0.302. The van der Waals surface area contributed by atoms with Crippen LogP contribution in [0.15, 0.2) is 18.2 Å². The molecule has 1 N–H and O–H groups in total. The Balaban J connectivity index is 1.93. The van der Waals surface area contributed by atoms with Crippen LogP contribution >= 0.6 is 11.6 Å². The van der Waals surface area contributed by atoms with Crippen molar-refractivity contribution in [2.45, 2.75) is 37.8 Å². The van der Waals surface area contributed by atoms with Crippen LogP contribution in [0.5, 0.6) is 0 Å². The first-order chi connectivity index (χ1) is 8.19. The van der Waals surface area contributed by atoms with Gasteiger partial charge in [-0.2, -0.15) is 0 Å². The van der Waals surface area contributed by atoms with E-state index in [1.165, 1.54) is 12.1 Å². The van der Waals surface area contributed by atoms with E-state index in [1.807, 2.05) is 0 Å². The first kappa shape index (κ1) is 12.7. The molecule has 0 atom stereocenters. The Morgan fingerprint density at radius 2 is 2.00 bits per heavy atom. The smallest absolute Gasteiger partial charge is 0.124 e. The highest BCUT2D eigenvalue weighted by molar-refractivity contribution is 6.33. The third-order valence-electron chi connectivity index (χ3n) is 3.30. The Morgan fingerprint density at radius 3 is 2.59 bits per heavy atom. The van der Waals surface area contributed by atoms with Crippen molar-refractivity contribution in [2.75, 3.05) is 12.4 Å². The molecule has 0 aromatic heterocycles. The topological polar surface area (TPSA) is 21.3 Å². The third kappa shape index (κ3) is 3.33. The summed E-state index contributed by atoms with van der Waals surface area (Å²) in [5.41, 5.74) is 0.814. The van der Waals surface area contributed by atoms with Crippen molar-refractivity contribution in [1.82, 2.24) is 0 Å². The molecule has 1 fully saturated rings. The van der Waals surface area contributed by atoms with Gasteiger partial charge < -0.3 is 10.1 Å². The Hall–Kier alpha value is -0.800. The molecule has 1 aliphatic rings. The van der Waals surface area contributed by atoms with E-state index in [9.17, 15) is 4.39 Å². The van der Waals surface area contributed by atoms with E-state index in [4.69, 9.17) is 16.3 Å². The normalized spacial score (nSPS) is 24.6. The zero-order chi connectivity index (χ0) is 12.3. The molecule has 1 saturated carbocycles. The predicted molar refractivity (Wildman–Crippen MR) is 68.1 cm³/mol. The summed E-state index contributed by atoms with van der Waals surface area (Å²) in [4.78, 5) is 0. The van der Waals surface area contributed by atoms with E-state index in [-0.39, 0.29) is 5.82 Å². The molecule has 0 bridgehead atoms. The molecular weight excluding hydrogens is 241 g/mol. The van der Waals surface area contributed by atoms with Crippen LogP contribution in [0.4, 0.5) is 10.1 Å². The zero-order valence-corrected chi connectivity index (χ0v) is 10.6. The number of ether oxygens (including phenoxy) is 1. The highest BCUT2D eigenvalue weighted by Crippen LogP contribution is 2.28. The van der Waals surface area contributed by atoms with Gasteiger partial charge >= 0.3 is 0 Å². The summed E-state index contributed by atoms with van der Waals surface area (Å²) in [6.45, 7) is 0. The van der Waals surface area contributed by atoms with Crippen LogP contribution in [0.3, 0.4) is 0 Å². The highest BCUT2D eigenvalue weighted by Gasteiger charge is 2.21. The standard InChI is InChI=1S/C13H17ClFNO/c1-17-11-5-3-10(4-6-11)16-13-7-2-9(15)8-12(13)14/h2,7-8,10-11,16H,3-6H2,1H3. The number of methoxy groups -OCH3 is 1. The molecule has 0 saturated heterocycles. The molecule has 0 amide bonds. The molecule has 0 radical (unpaired) electrons. The number of halogens is 2. The minimum absolute atomic E-state index is 0.302. The fourth-order valence-electron chi connectivity index (χ4n) is 2.27. The SMILES string of the molecule is COC1CCC(Nc2ccc(F)cc2Cl)CC1. The lowest BCUT2D eigenvalue weighted by Crippen LogP contribution is -2.29. The Labute approximate surface area is 106 Å². The molecule has 2 nitrogen and oxygen atoms in total. The third-order valence-corrected chi connectivity index (χ3v) is 3.61. The van der Waals surface area contributed by atoms with Gasteiger partial charge in [-0.25, -0.2) is 4.39 Å². The minimum Gasteiger partial charge on any atom is -0.381 e. The van der Waals surface area contributed by atoms with Crippen molar-refractivity contribution in [3.63, 3.8) is 0 Å². The number of nitrogens with one attached hydrogen (secondary N) is 1. The highest BCUT2D eigenvalue weighted by atomic mass is 35.5. The average Bonchev–Trinajstić information content (AvgIpc) is 2.34. The Bertz CT molecular complexity index is 378. The van der Waals surface area contributed by atoms with E-state index in [0.29, 0.717) is 17.2 Å². The van der Waals surface area contributed by atoms with Gasteiger partial charge in [0.05, 0.1) is 16.8 Å². The van der Waals surface area contributed by atoms with Crippen LogP contribution in [0.2, 0.25) is 5.02 Å². The number of anilines is 1. The molecule has 0 aliphatic heterocycles. The van der Waals surface area contributed by atoms with Crippen LogP contribution in [-0.2, 0) is 4.74 Å². The van der Waals surface area contributed by atoms with E-state index >= 15 is 0 Å². The Morgan fingerprint density at radius 1 is 1.29 bits per heavy atom. The van der Waals surface area contributed by atoms with E-state index in [0.717, 1.165) is 31.4 Å². The molecular formula is C13H17ClFNO. The van der Waals surface area contributed by atoms with Gasteiger partial charge in [0.15, 0.2) is 0 Å². The van der Waals surface area contributed by atoms with Crippen LogP contribution in [0.25, 0.3) is 0 Å². The van der Waals surface area contributed by atoms with Crippen molar-refractivity contribution >= 4 is 17.3 Å². The molecule has 4 heteroatoms. The molecule has 1 aromatic carbocycles. The van der Waals surface area contributed by atoms with Gasteiger partial charge in [0.25, 0.3) is 0 Å². The van der Waals surface area contributed by atoms with Crippen LogP contribution < -0.4 is 5.32 Å².